The van der Waals surface area contributed by atoms with Crippen LogP contribution in [0.25, 0.3) is 0 Å². The van der Waals surface area contributed by atoms with Gasteiger partial charge in [0.2, 0.25) is 11.8 Å². The van der Waals surface area contributed by atoms with Gasteiger partial charge in [0.15, 0.2) is 0 Å². The molecule has 2 N–H and O–H groups in total. The molecule has 0 aliphatic carbocycles. The molecule has 0 atom stereocenters. The Morgan fingerprint density at radius 3 is 1.73 bits per heavy atom. The van der Waals surface area contributed by atoms with E-state index in [-0.39, 0.29) is 11.8 Å². The molecular weight excluding hydrogens is 336 g/mol. The lowest BCUT2D eigenvalue weighted by Gasteiger charge is -2.06. The highest BCUT2D eigenvalue weighted by molar-refractivity contribution is 5.76. The quantitative estimate of drug-likeness (QED) is 0.338. The highest BCUT2D eigenvalue weighted by Gasteiger charge is 2.02. The van der Waals surface area contributed by atoms with Crippen LogP contribution < -0.4 is 10.6 Å². The summed E-state index contributed by atoms with van der Waals surface area (Å²) in [5, 5.41) is 5.74. The van der Waals surface area contributed by atoms with Gasteiger partial charge in [0.25, 0.3) is 0 Å². The van der Waals surface area contributed by atoms with Gasteiger partial charge in [-0.25, -0.2) is 0 Å². The number of hydrogen-bond donors (Lipinski definition) is 2. The van der Waals surface area contributed by atoms with Gasteiger partial charge in [-0.05, 0) is 19.3 Å². The molecule has 0 heterocycles. The summed E-state index contributed by atoms with van der Waals surface area (Å²) in [5.41, 5.74) is 0. The fourth-order valence-electron chi connectivity index (χ4n) is 2.41. The third kappa shape index (κ3) is 19.1. The molecular formula is C19H38N2O5. The minimum atomic E-state index is 0.0884. The molecule has 0 aromatic heterocycles. The van der Waals surface area contributed by atoms with Crippen LogP contribution in [0, 0.1) is 0 Å². The summed E-state index contributed by atoms with van der Waals surface area (Å²) in [7, 11) is 3.29. The molecule has 0 radical (unpaired) electrons. The highest BCUT2D eigenvalue weighted by Crippen LogP contribution is 2.08. The summed E-state index contributed by atoms with van der Waals surface area (Å²) in [6.45, 7) is 3.58. The topological polar surface area (TPSA) is 85.9 Å². The molecule has 0 unspecified atom stereocenters. The van der Waals surface area contributed by atoms with Gasteiger partial charge in [-0.3, -0.25) is 9.59 Å². The van der Waals surface area contributed by atoms with Gasteiger partial charge in [0, 0.05) is 46.8 Å². The van der Waals surface area contributed by atoms with Crippen LogP contribution in [-0.2, 0) is 23.8 Å². The van der Waals surface area contributed by atoms with Gasteiger partial charge in [-0.2, -0.15) is 0 Å². The van der Waals surface area contributed by atoms with Gasteiger partial charge in [0.1, 0.15) is 0 Å². The molecule has 7 heteroatoms. The molecule has 2 amide bonds. The first kappa shape index (κ1) is 24.8. The summed E-state index contributed by atoms with van der Waals surface area (Å²) in [5.74, 6) is 0.217. The average molecular weight is 375 g/mol. The second-order valence-electron chi connectivity index (χ2n) is 6.27. The number of carbonyl (C=O) groups excluding carboxylic acids is 2. The van der Waals surface area contributed by atoms with Crippen molar-refractivity contribution in [3.63, 3.8) is 0 Å². The zero-order valence-corrected chi connectivity index (χ0v) is 16.6. The Balaban J connectivity index is 3.25. The SMILES string of the molecule is COCCCNC(=O)CCCCCCCCC(=O)NCCOCCOC. The molecule has 7 nitrogen and oxygen atoms in total. The Morgan fingerprint density at radius 2 is 1.15 bits per heavy atom. The maximum absolute atomic E-state index is 11.6. The Kier molecular flexibility index (Phi) is 19.2. The van der Waals surface area contributed by atoms with Crippen LogP contribution in [0.4, 0.5) is 0 Å². The summed E-state index contributed by atoms with van der Waals surface area (Å²) >= 11 is 0. The number of nitrogens with one attached hydrogen (secondary N) is 2. The van der Waals surface area contributed by atoms with Crippen LogP contribution in [0.5, 0.6) is 0 Å². The number of methoxy groups -OCH3 is 2. The van der Waals surface area contributed by atoms with Crippen molar-refractivity contribution in [1.29, 1.82) is 0 Å². The first-order valence-electron chi connectivity index (χ1n) is 9.79. The number of rotatable bonds is 19. The Hall–Kier alpha value is -1.18. The summed E-state index contributed by atoms with van der Waals surface area (Å²) < 4.78 is 15.1. The van der Waals surface area contributed by atoms with Crippen molar-refractivity contribution in [3.8, 4) is 0 Å². The first-order valence-corrected chi connectivity index (χ1v) is 9.79. The number of unbranched alkanes of at least 4 members (excludes halogenated alkanes) is 5. The molecule has 0 aliphatic heterocycles. The lowest BCUT2D eigenvalue weighted by Crippen LogP contribution is -2.27. The van der Waals surface area contributed by atoms with Crippen molar-refractivity contribution in [2.75, 3.05) is 53.7 Å². The molecule has 0 saturated heterocycles. The van der Waals surface area contributed by atoms with Crippen LogP contribution in [0.1, 0.15) is 57.8 Å². The number of hydrogen-bond acceptors (Lipinski definition) is 5. The Labute approximate surface area is 158 Å². The second kappa shape index (κ2) is 20.1. The smallest absolute Gasteiger partial charge is 0.220 e. The first-order chi connectivity index (χ1) is 12.7. The van der Waals surface area contributed by atoms with E-state index in [0.717, 1.165) is 44.9 Å². The monoisotopic (exact) mass is 374 g/mol. The van der Waals surface area contributed by atoms with E-state index in [1.165, 1.54) is 0 Å². The fourth-order valence-corrected chi connectivity index (χ4v) is 2.41. The van der Waals surface area contributed by atoms with Gasteiger partial charge in [-0.1, -0.05) is 25.7 Å². The molecule has 26 heavy (non-hydrogen) atoms. The van der Waals surface area contributed by atoms with E-state index in [4.69, 9.17) is 14.2 Å². The van der Waals surface area contributed by atoms with Gasteiger partial charge in [0.05, 0.1) is 19.8 Å². The van der Waals surface area contributed by atoms with Crippen molar-refractivity contribution in [2.24, 2.45) is 0 Å². The highest BCUT2D eigenvalue weighted by atomic mass is 16.5. The molecule has 0 spiro atoms. The summed E-state index contributed by atoms with van der Waals surface area (Å²) in [6.07, 6.45) is 8.22. The predicted molar refractivity (Wildman–Crippen MR) is 102 cm³/mol. The standard InChI is InChI=1S/C19H38N2O5/c1-24-14-9-12-20-18(22)10-7-5-3-4-6-8-11-19(23)21-13-15-26-17-16-25-2/h3-17H2,1-2H3,(H,20,22)(H,21,23). The number of carbonyl (C=O) groups is 2. The molecule has 154 valence electrons. The fraction of sp³-hybridized carbons (Fsp3) is 0.895. The predicted octanol–water partition coefficient (Wildman–Crippen LogP) is 2.04. The van der Waals surface area contributed by atoms with Crippen molar-refractivity contribution < 1.29 is 23.8 Å². The van der Waals surface area contributed by atoms with Crippen LogP contribution in [0.2, 0.25) is 0 Å². The van der Waals surface area contributed by atoms with Gasteiger partial charge >= 0.3 is 0 Å². The van der Waals surface area contributed by atoms with E-state index in [2.05, 4.69) is 10.6 Å². The maximum atomic E-state index is 11.6. The summed E-state index contributed by atoms with van der Waals surface area (Å²) in [6, 6.07) is 0. The minimum absolute atomic E-state index is 0.0884. The van der Waals surface area contributed by atoms with Gasteiger partial charge < -0.3 is 24.8 Å². The van der Waals surface area contributed by atoms with E-state index in [1.54, 1.807) is 14.2 Å². The lowest BCUT2D eigenvalue weighted by molar-refractivity contribution is -0.122. The normalized spacial score (nSPS) is 10.7. The van der Waals surface area contributed by atoms with Crippen LogP contribution in [-0.4, -0.2) is 65.6 Å². The Morgan fingerprint density at radius 1 is 0.615 bits per heavy atom. The minimum Gasteiger partial charge on any atom is -0.385 e. The van der Waals surface area contributed by atoms with E-state index < -0.39 is 0 Å². The van der Waals surface area contributed by atoms with Crippen molar-refractivity contribution in [2.45, 2.75) is 57.8 Å². The van der Waals surface area contributed by atoms with Crippen molar-refractivity contribution in [1.82, 2.24) is 10.6 Å². The molecule has 0 aromatic carbocycles. The third-order valence-electron chi connectivity index (χ3n) is 3.91. The largest absolute Gasteiger partial charge is 0.385 e. The molecule has 0 aromatic rings. The van der Waals surface area contributed by atoms with Crippen molar-refractivity contribution >= 4 is 11.8 Å². The number of amides is 2. The molecule has 0 rings (SSSR count). The molecule has 0 saturated carbocycles. The van der Waals surface area contributed by atoms with Crippen LogP contribution in [0.3, 0.4) is 0 Å². The third-order valence-corrected chi connectivity index (χ3v) is 3.91. The lowest BCUT2D eigenvalue weighted by atomic mass is 10.1. The van der Waals surface area contributed by atoms with E-state index in [0.29, 0.717) is 52.4 Å². The molecule has 0 aliphatic rings. The Bertz CT molecular complexity index is 340. The van der Waals surface area contributed by atoms with E-state index in [1.807, 2.05) is 0 Å². The number of ether oxygens (including phenoxy) is 3. The van der Waals surface area contributed by atoms with Crippen LogP contribution >= 0.6 is 0 Å². The second-order valence-corrected chi connectivity index (χ2v) is 6.27. The van der Waals surface area contributed by atoms with Crippen LogP contribution in [0.15, 0.2) is 0 Å². The zero-order valence-electron chi connectivity index (χ0n) is 16.6. The zero-order chi connectivity index (χ0) is 19.3. The van der Waals surface area contributed by atoms with Crippen molar-refractivity contribution in [3.05, 3.63) is 0 Å². The van der Waals surface area contributed by atoms with E-state index in [9.17, 15) is 9.59 Å². The summed E-state index contributed by atoms with van der Waals surface area (Å²) in [4.78, 5) is 23.2. The van der Waals surface area contributed by atoms with E-state index >= 15 is 0 Å². The molecule has 0 fully saturated rings. The maximum Gasteiger partial charge on any atom is 0.220 e. The van der Waals surface area contributed by atoms with Gasteiger partial charge in [-0.15, -0.1) is 0 Å². The average Bonchev–Trinajstić information content (AvgIpc) is 2.64. The molecule has 0 bridgehead atoms.